The van der Waals surface area contributed by atoms with Gasteiger partial charge in [0.25, 0.3) is 10.2 Å². The lowest BCUT2D eigenvalue weighted by Gasteiger charge is -2.18. The van der Waals surface area contributed by atoms with E-state index in [1.807, 2.05) is 6.92 Å². The molecule has 0 aromatic carbocycles. The zero-order valence-electron chi connectivity index (χ0n) is 7.90. The van der Waals surface area contributed by atoms with E-state index in [-0.39, 0.29) is 0 Å². The van der Waals surface area contributed by atoms with Crippen molar-refractivity contribution in [2.75, 3.05) is 32.0 Å². The molecule has 1 atom stereocenters. The van der Waals surface area contributed by atoms with Crippen LogP contribution < -0.4 is 0 Å². The molecule has 1 aliphatic rings. The van der Waals surface area contributed by atoms with Gasteiger partial charge >= 0.3 is 0 Å². The predicted molar refractivity (Wildman–Crippen MR) is 56.1 cm³/mol. The molecular weight excluding hydrogens is 256 g/mol. The smallest absolute Gasteiger partial charge is 0.195 e. The third kappa shape index (κ3) is 2.43. The molecule has 1 aliphatic heterocycles. The number of likely N-dealkylation sites (N-methyl/N-ethyl adjacent to an activating group) is 1. The Hall–Kier alpha value is 0.350. The van der Waals surface area contributed by atoms with E-state index in [9.17, 15) is 8.42 Å². The predicted octanol–water partition coefficient (Wildman–Crippen LogP) is 0.510. The normalized spacial score (nSPS) is 26.4. The third-order valence-electron chi connectivity index (χ3n) is 2.16. The fraction of sp³-hybridized carbons (Fsp3) is 1.00. The minimum absolute atomic E-state index is 0.362. The van der Waals surface area contributed by atoms with Gasteiger partial charge in [-0.25, -0.2) is 0 Å². The first-order chi connectivity index (χ1) is 5.98. The summed E-state index contributed by atoms with van der Waals surface area (Å²) in [5.41, 5.74) is 0. The van der Waals surface area contributed by atoms with Crippen LogP contribution in [0.5, 0.6) is 0 Å². The van der Waals surface area contributed by atoms with Crippen molar-refractivity contribution in [3.05, 3.63) is 0 Å². The number of rotatable bonds is 3. The highest BCUT2D eigenvalue weighted by molar-refractivity contribution is 9.09. The Kier molecular flexibility index (Phi) is 3.73. The molecule has 0 spiro atoms. The summed E-state index contributed by atoms with van der Waals surface area (Å²) in [5.74, 6) is 0.362. The Labute approximate surface area is 88.2 Å². The summed E-state index contributed by atoms with van der Waals surface area (Å²) in [4.78, 5) is 0. The van der Waals surface area contributed by atoms with Crippen molar-refractivity contribution in [2.45, 2.75) is 6.92 Å². The molecule has 0 aromatic heterocycles. The van der Waals surface area contributed by atoms with Crippen molar-refractivity contribution in [1.82, 2.24) is 8.61 Å². The topological polar surface area (TPSA) is 40.6 Å². The van der Waals surface area contributed by atoms with Gasteiger partial charge in [0.15, 0.2) is 0 Å². The summed E-state index contributed by atoms with van der Waals surface area (Å²) in [5, 5.41) is 0.836. The molecule has 0 N–H and O–H groups in total. The lowest BCUT2D eigenvalue weighted by molar-refractivity contribution is 0.401. The largest absolute Gasteiger partial charge is 0.281 e. The van der Waals surface area contributed by atoms with Gasteiger partial charge in [0.05, 0.1) is 0 Å². The highest BCUT2D eigenvalue weighted by atomic mass is 79.9. The average Bonchev–Trinajstić information content (AvgIpc) is 2.31. The molecule has 0 amide bonds. The van der Waals surface area contributed by atoms with E-state index >= 15 is 0 Å². The van der Waals surface area contributed by atoms with Gasteiger partial charge in [-0.2, -0.15) is 17.0 Å². The van der Waals surface area contributed by atoms with Gasteiger partial charge < -0.3 is 0 Å². The van der Waals surface area contributed by atoms with Gasteiger partial charge in [-0.1, -0.05) is 22.9 Å². The van der Waals surface area contributed by atoms with Crippen LogP contribution in [0.2, 0.25) is 0 Å². The summed E-state index contributed by atoms with van der Waals surface area (Å²) >= 11 is 3.34. The van der Waals surface area contributed by atoms with E-state index in [0.717, 1.165) is 5.33 Å². The SMILES string of the molecule is CC(CBr)CN1CCN(C)S1(=O)=O. The fourth-order valence-electron chi connectivity index (χ4n) is 1.26. The standard InChI is InChI=1S/C7H15BrN2O2S/c1-7(5-8)6-10-4-3-9(2)13(10,11)12/h7H,3-6H2,1-2H3. The first kappa shape index (κ1) is 11.4. The summed E-state index contributed by atoms with van der Waals surface area (Å²) in [7, 11) is -1.51. The molecule has 0 radical (unpaired) electrons. The van der Waals surface area contributed by atoms with E-state index in [1.54, 1.807) is 11.4 Å². The van der Waals surface area contributed by atoms with Crippen LogP contribution in [-0.2, 0) is 10.2 Å². The number of alkyl halides is 1. The molecule has 13 heavy (non-hydrogen) atoms. The van der Waals surface area contributed by atoms with Crippen LogP contribution in [0.4, 0.5) is 0 Å². The van der Waals surface area contributed by atoms with Crippen LogP contribution in [0.15, 0.2) is 0 Å². The van der Waals surface area contributed by atoms with Crippen molar-refractivity contribution in [1.29, 1.82) is 0 Å². The Morgan fingerprint density at radius 2 is 2.08 bits per heavy atom. The number of nitrogens with zero attached hydrogens (tertiary/aromatic N) is 2. The van der Waals surface area contributed by atoms with Crippen molar-refractivity contribution < 1.29 is 8.42 Å². The Morgan fingerprint density at radius 3 is 2.46 bits per heavy atom. The molecule has 1 saturated heterocycles. The minimum Gasteiger partial charge on any atom is -0.195 e. The Balaban J connectivity index is 2.63. The third-order valence-corrected chi connectivity index (χ3v) is 5.22. The minimum atomic E-state index is -3.13. The monoisotopic (exact) mass is 270 g/mol. The second-order valence-corrected chi connectivity index (χ2v) is 6.13. The molecule has 1 rings (SSSR count). The fourth-order valence-corrected chi connectivity index (χ4v) is 2.93. The Bertz CT molecular complexity index is 268. The average molecular weight is 271 g/mol. The molecule has 0 saturated carbocycles. The molecule has 1 heterocycles. The quantitative estimate of drug-likeness (QED) is 0.702. The van der Waals surface area contributed by atoms with Gasteiger partial charge in [-0.05, 0) is 5.92 Å². The summed E-state index contributed by atoms with van der Waals surface area (Å²) in [6.45, 7) is 3.87. The van der Waals surface area contributed by atoms with Crippen molar-refractivity contribution in [3.63, 3.8) is 0 Å². The lowest BCUT2D eigenvalue weighted by Crippen LogP contribution is -2.34. The highest BCUT2D eigenvalue weighted by Crippen LogP contribution is 2.16. The molecule has 0 aliphatic carbocycles. The van der Waals surface area contributed by atoms with Crippen LogP contribution in [0, 0.1) is 5.92 Å². The van der Waals surface area contributed by atoms with Gasteiger partial charge in [0.2, 0.25) is 0 Å². The maximum Gasteiger partial charge on any atom is 0.281 e. The second kappa shape index (κ2) is 4.25. The van der Waals surface area contributed by atoms with Gasteiger partial charge in [-0.15, -0.1) is 0 Å². The zero-order valence-corrected chi connectivity index (χ0v) is 10.3. The summed E-state index contributed by atoms with van der Waals surface area (Å²) in [6, 6.07) is 0. The second-order valence-electron chi connectivity index (χ2n) is 3.45. The van der Waals surface area contributed by atoms with Gasteiger partial charge in [-0.3, -0.25) is 0 Å². The van der Waals surface area contributed by atoms with Crippen LogP contribution in [0.1, 0.15) is 6.92 Å². The van der Waals surface area contributed by atoms with Crippen LogP contribution in [0.25, 0.3) is 0 Å². The first-order valence-electron chi connectivity index (χ1n) is 4.26. The van der Waals surface area contributed by atoms with Crippen molar-refractivity contribution in [3.8, 4) is 0 Å². The van der Waals surface area contributed by atoms with E-state index in [0.29, 0.717) is 25.6 Å². The van der Waals surface area contributed by atoms with E-state index in [4.69, 9.17) is 0 Å². The van der Waals surface area contributed by atoms with Gasteiger partial charge in [0.1, 0.15) is 0 Å². The molecule has 0 aromatic rings. The molecular formula is C7H15BrN2O2S. The van der Waals surface area contributed by atoms with Crippen LogP contribution in [-0.4, -0.2) is 49.0 Å². The molecule has 78 valence electrons. The lowest BCUT2D eigenvalue weighted by atomic mass is 10.2. The maximum atomic E-state index is 11.6. The number of halogens is 1. The molecule has 1 unspecified atom stereocenters. The van der Waals surface area contributed by atoms with Crippen molar-refractivity contribution in [2.24, 2.45) is 5.92 Å². The van der Waals surface area contributed by atoms with Crippen LogP contribution in [0.3, 0.4) is 0 Å². The molecule has 6 heteroatoms. The summed E-state index contributed by atoms with van der Waals surface area (Å²) < 4.78 is 26.1. The van der Waals surface area contributed by atoms with Gasteiger partial charge in [0, 0.05) is 32.0 Å². The highest BCUT2D eigenvalue weighted by Gasteiger charge is 2.33. The number of hydrogen-bond donors (Lipinski definition) is 0. The van der Waals surface area contributed by atoms with Crippen LogP contribution >= 0.6 is 15.9 Å². The van der Waals surface area contributed by atoms with E-state index in [2.05, 4.69) is 15.9 Å². The first-order valence-corrected chi connectivity index (χ1v) is 6.77. The summed E-state index contributed by atoms with van der Waals surface area (Å²) in [6.07, 6.45) is 0. The molecule has 1 fully saturated rings. The Morgan fingerprint density at radius 1 is 1.46 bits per heavy atom. The number of hydrogen-bond acceptors (Lipinski definition) is 2. The maximum absolute atomic E-state index is 11.6. The van der Waals surface area contributed by atoms with E-state index in [1.165, 1.54) is 4.31 Å². The zero-order chi connectivity index (χ0) is 10.1. The van der Waals surface area contributed by atoms with Crippen molar-refractivity contribution >= 4 is 26.1 Å². The molecule has 4 nitrogen and oxygen atoms in total. The van der Waals surface area contributed by atoms with E-state index < -0.39 is 10.2 Å². The molecule has 0 bridgehead atoms.